The molecule has 2 unspecified atom stereocenters. The number of nitrogens with zero attached hydrogens (tertiary/aromatic N) is 1. The molecule has 0 spiro atoms. The van der Waals surface area contributed by atoms with E-state index in [2.05, 4.69) is 29.1 Å². The van der Waals surface area contributed by atoms with Gasteiger partial charge in [0.05, 0.1) is 7.11 Å². The van der Waals surface area contributed by atoms with Crippen LogP contribution in [0.3, 0.4) is 0 Å². The van der Waals surface area contributed by atoms with Crippen LogP contribution in [0.15, 0.2) is 77.8 Å². The maximum absolute atomic E-state index is 13.5. The molecule has 2 atom stereocenters. The average Bonchev–Trinajstić information content (AvgIpc) is 2.82. The van der Waals surface area contributed by atoms with Crippen LogP contribution in [-0.4, -0.2) is 30.4 Å². The third-order valence-electron chi connectivity index (χ3n) is 6.06. The molecule has 2 aliphatic rings. The molecular formula is C27H29N3O4. The highest BCUT2D eigenvalue weighted by atomic mass is 16.5. The van der Waals surface area contributed by atoms with Gasteiger partial charge < -0.3 is 20.1 Å². The first-order chi connectivity index (χ1) is 16.4. The third-order valence-corrected chi connectivity index (χ3v) is 6.06. The van der Waals surface area contributed by atoms with Gasteiger partial charge in [-0.25, -0.2) is 4.98 Å². The lowest BCUT2D eigenvalue weighted by Gasteiger charge is -2.36. The molecule has 0 fully saturated rings. The number of carbonyl (C=O) groups is 2. The van der Waals surface area contributed by atoms with E-state index in [4.69, 9.17) is 9.47 Å². The summed E-state index contributed by atoms with van der Waals surface area (Å²) < 4.78 is 11.3. The first kappa shape index (κ1) is 23.3. The molecule has 34 heavy (non-hydrogen) atoms. The Labute approximate surface area is 199 Å². The molecule has 4 rings (SSSR count). The largest absolute Gasteiger partial charge is 0.493 e. The molecule has 1 aromatic carbocycles. The summed E-state index contributed by atoms with van der Waals surface area (Å²) in [7, 11) is 1.57. The van der Waals surface area contributed by atoms with Crippen LogP contribution < -0.4 is 20.1 Å². The van der Waals surface area contributed by atoms with E-state index in [-0.39, 0.29) is 17.6 Å². The van der Waals surface area contributed by atoms with Gasteiger partial charge >= 0.3 is 0 Å². The van der Waals surface area contributed by atoms with E-state index >= 15 is 0 Å². The number of pyridine rings is 1. The van der Waals surface area contributed by atoms with Crippen molar-refractivity contribution in [3.05, 3.63) is 83.4 Å². The van der Waals surface area contributed by atoms with E-state index < -0.39 is 5.92 Å². The Hall–Kier alpha value is -3.87. The molecule has 2 heterocycles. The normalized spacial score (nSPS) is 19.8. The Bertz CT molecular complexity index is 1180. The minimum atomic E-state index is -0.540. The molecule has 7 nitrogen and oxygen atoms in total. The maximum atomic E-state index is 13.5. The number of ketones is 1. The van der Waals surface area contributed by atoms with E-state index in [0.717, 1.165) is 17.7 Å². The zero-order valence-electron chi connectivity index (χ0n) is 19.7. The zero-order chi connectivity index (χ0) is 24.2. The molecule has 7 heteroatoms. The van der Waals surface area contributed by atoms with E-state index in [0.29, 0.717) is 47.2 Å². The van der Waals surface area contributed by atoms with Crippen LogP contribution in [0.4, 0.5) is 5.82 Å². The van der Waals surface area contributed by atoms with Crippen molar-refractivity contribution in [2.24, 2.45) is 5.92 Å². The summed E-state index contributed by atoms with van der Waals surface area (Å²) in [4.78, 5) is 31.0. The first-order valence-electron chi connectivity index (χ1n) is 11.3. The molecule has 1 amide bonds. The molecule has 2 N–H and O–H groups in total. The maximum Gasteiger partial charge on any atom is 0.255 e. The van der Waals surface area contributed by atoms with Gasteiger partial charge in [-0.15, -0.1) is 0 Å². The molecule has 0 bridgehead atoms. The Morgan fingerprint density at radius 1 is 1.26 bits per heavy atom. The van der Waals surface area contributed by atoms with Crippen LogP contribution in [0.2, 0.25) is 0 Å². The van der Waals surface area contributed by atoms with Crippen LogP contribution in [0.5, 0.6) is 11.5 Å². The van der Waals surface area contributed by atoms with Gasteiger partial charge in [0.15, 0.2) is 17.3 Å². The van der Waals surface area contributed by atoms with Crippen molar-refractivity contribution < 1.29 is 19.1 Å². The predicted molar refractivity (Wildman–Crippen MR) is 131 cm³/mol. The number of amides is 1. The lowest BCUT2D eigenvalue weighted by molar-refractivity contribution is -0.117. The number of ether oxygens (including phenoxy) is 2. The van der Waals surface area contributed by atoms with Crippen LogP contribution in [-0.2, 0) is 9.59 Å². The number of allylic oxidation sites excluding steroid dienone is 3. The van der Waals surface area contributed by atoms with Gasteiger partial charge in [-0.05, 0) is 49.1 Å². The lowest BCUT2D eigenvalue weighted by atomic mass is 9.73. The molecule has 0 saturated carbocycles. The predicted octanol–water partition coefficient (Wildman–Crippen LogP) is 4.51. The Morgan fingerprint density at radius 2 is 2.09 bits per heavy atom. The van der Waals surface area contributed by atoms with Crippen molar-refractivity contribution in [1.82, 2.24) is 10.3 Å². The minimum Gasteiger partial charge on any atom is -0.493 e. The van der Waals surface area contributed by atoms with Gasteiger partial charge in [0.2, 0.25) is 0 Å². The summed E-state index contributed by atoms with van der Waals surface area (Å²) >= 11 is 0. The van der Waals surface area contributed by atoms with Crippen LogP contribution in [0.1, 0.15) is 38.2 Å². The number of anilines is 1. The fraction of sp³-hybridized carbons (Fsp3) is 0.296. The van der Waals surface area contributed by atoms with Gasteiger partial charge in [0.1, 0.15) is 12.4 Å². The van der Waals surface area contributed by atoms with Gasteiger partial charge in [0.25, 0.3) is 5.91 Å². The molecular weight excluding hydrogens is 430 g/mol. The molecule has 0 saturated heterocycles. The number of rotatable bonds is 7. The van der Waals surface area contributed by atoms with Gasteiger partial charge in [-0.1, -0.05) is 31.7 Å². The average molecular weight is 460 g/mol. The number of Topliss-reactive ketones (excluding diaryl/α,β-unsaturated/α-hetero) is 1. The van der Waals surface area contributed by atoms with Crippen LogP contribution in [0.25, 0.3) is 0 Å². The van der Waals surface area contributed by atoms with Crippen molar-refractivity contribution in [2.75, 3.05) is 19.0 Å². The standard InChI is InChI=1S/C27H29N3O4/c1-5-12-34-21-10-9-18(15-22(21)33-4)25-24(27(32)30-23-8-6-7-11-28-23)17(3)29-19-13-16(2)14-20(31)26(19)25/h5-11,15-16,25,29H,1,12-14H2,2-4H3,(H,28,30,32). The summed E-state index contributed by atoms with van der Waals surface area (Å²) in [5.41, 5.74) is 3.49. The van der Waals surface area contributed by atoms with Crippen molar-refractivity contribution >= 4 is 17.5 Å². The highest BCUT2D eigenvalue weighted by molar-refractivity contribution is 6.09. The molecule has 176 valence electrons. The molecule has 0 radical (unpaired) electrons. The second-order valence-electron chi connectivity index (χ2n) is 8.60. The van der Waals surface area contributed by atoms with Crippen molar-refractivity contribution in [3.8, 4) is 11.5 Å². The van der Waals surface area contributed by atoms with Crippen molar-refractivity contribution in [2.45, 2.75) is 32.6 Å². The van der Waals surface area contributed by atoms with Crippen molar-refractivity contribution in [3.63, 3.8) is 0 Å². The number of dihydropyridines is 1. The number of methoxy groups -OCH3 is 1. The Balaban J connectivity index is 1.81. The zero-order valence-corrected chi connectivity index (χ0v) is 19.7. The van der Waals surface area contributed by atoms with E-state index in [1.165, 1.54) is 0 Å². The number of hydrogen-bond acceptors (Lipinski definition) is 6. The number of aromatic nitrogens is 1. The summed E-state index contributed by atoms with van der Waals surface area (Å²) in [5.74, 6) is 0.977. The lowest BCUT2D eigenvalue weighted by Crippen LogP contribution is -2.37. The fourth-order valence-corrected chi connectivity index (χ4v) is 4.62. The summed E-state index contributed by atoms with van der Waals surface area (Å²) in [6.07, 6.45) is 4.48. The fourth-order valence-electron chi connectivity index (χ4n) is 4.62. The first-order valence-corrected chi connectivity index (χ1v) is 11.3. The minimum absolute atomic E-state index is 0.0489. The van der Waals surface area contributed by atoms with Gasteiger partial charge in [-0.2, -0.15) is 0 Å². The smallest absolute Gasteiger partial charge is 0.255 e. The summed E-state index contributed by atoms with van der Waals surface area (Å²) in [6, 6.07) is 10.8. The number of benzene rings is 1. The number of hydrogen-bond donors (Lipinski definition) is 2. The Kier molecular flexibility index (Phi) is 6.82. The van der Waals surface area contributed by atoms with E-state index in [1.807, 2.05) is 19.1 Å². The SMILES string of the molecule is C=CCOc1ccc(C2C(C(=O)Nc3ccccn3)=C(C)NC3=C2C(=O)CC(C)C3)cc1OC. The van der Waals surface area contributed by atoms with Crippen LogP contribution >= 0.6 is 0 Å². The highest BCUT2D eigenvalue weighted by Crippen LogP contribution is 2.45. The second-order valence-corrected chi connectivity index (χ2v) is 8.60. The summed E-state index contributed by atoms with van der Waals surface area (Å²) in [6.45, 7) is 7.95. The highest BCUT2D eigenvalue weighted by Gasteiger charge is 2.40. The Morgan fingerprint density at radius 3 is 2.79 bits per heavy atom. The number of nitrogens with one attached hydrogen (secondary N) is 2. The molecule has 1 aromatic heterocycles. The monoisotopic (exact) mass is 459 g/mol. The van der Waals surface area contributed by atoms with Gasteiger partial charge in [-0.3, -0.25) is 9.59 Å². The van der Waals surface area contributed by atoms with E-state index in [1.54, 1.807) is 43.6 Å². The molecule has 1 aliphatic heterocycles. The quantitative estimate of drug-likeness (QED) is 0.593. The molecule has 2 aromatic rings. The molecule has 1 aliphatic carbocycles. The second kappa shape index (κ2) is 9.95. The van der Waals surface area contributed by atoms with Crippen molar-refractivity contribution in [1.29, 1.82) is 0 Å². The van der Waals surface area contributed by atoms with E-state index in [9.17, 15) is 9.59 Å². The third kappa shape index (κ3) is 4.59. The summed E-state index contributed by atoms with van der Waals surface area (Å²) in [5, 5.41) is 6.23. The van der Waals surface area contributed by atoms with Crippen LogP contribution in [0, 0.1) is 5.92 Å². The number of carbonyl (C=O) groups excluding carboxylic acids is 2. The topological polar surface area (TPSA) is 89.5 Å². The van der Waals surface area contributed by atoms with Gasteiger partial charge in [0, 0.05) is 41.1 Å².